The number of halogens is 4. The van der Waals surface area contributed by atoms with E-state index < -0.39 is 40.3 Å². The van der Waals surface area contributed by atoms with Gasteiger partial charge < -0.3 is 20.1 Å². The van der Waals surface area contributed by atoms with Gasteiger partial charge in [0.1, 0.15) is 35.1 Å². The summed E-state index contributed by atoms with van der Waals surface area (Å²) in [6, 6.07) is 3.68. The summed E-state index contributed by atoms with van der Waals surface area (Å²) in [5.41, 5.74) is -1.24. The Morgan fingerprint density at radius 2 is 1.72 bits per heavy atom. The van der Waals surface area contributed by atoms with Crippen LogP contribution in [0.5, 0.6) is 5.75 Å². The normalized spacial score (nSPS) is 17.5. The number of benzene rings is 2. The molecule has 32 heavy (non-hydrogen) atoms. The molecule has 6 nitrogen and oxygen atoms in total. The third-order valence-corrected chi connectivity index (χ3v) is 6.06. The first kappa shape index (κ1) is 21.9. The van der Waals surface area contributed by atoms with E-state index in [-0.39, 0.29) is 62.7 Å². The lowest BCUT2D eigenvalue weighted by molar-refractivity contribution is -0.152. The molecule has 2 N–H and O–H groups in total. The maximum absolute atomic E-state index is 14.1. The van der Waals surface area contributed by atoms with Gasteiger partial charge in [-0.1, -0.05) is 0 Å². The Bertz CT molecular complexity index is 1060. The number of carboxylic acid groups (broad SMARTS) is 1. The number of aliphatic carboxylic acids is 1. The van der Waals surface area contributed by atoms with Crippen molar-refractivity contribution in [2.75, 3.05) is 29.9 Å². The van der Waals surface area contributed by atoms with E-state index in [0.29, 0.717) is 17.7 Å². The number of carbonyl (C=O) groups excluding carboxylic acids is 1. The molecular weight excluding hydrogens is 432 g/mol. The number of fused-ring (bicyclic) bond motifs is 1. The summed E-state index contributed by atoms with van der Waals surface area (Å²) < 4.78 is 61.3. The first-order valence-corrected chi connectivity index (χ1v) is 10.1. The number of ether oxygens (including phenoxy) is 1. The molecule has 1 saturated heterocycles. The van der Waals surface area contributed by atoms with Crippen molar-refractivity contribution in [3.8, 4) is 5.75 Å². The summed E-state index contributed by atoms with van der Waals surface area (Å²) in [6.45, 7) is -0.198. The van der Waals surface area contributed by atoms with Crippen molar-refractivity contribution in [1.29, 1.82) is 0 Å². The first-order valence-electron chi connectivity index (χ1n) is 10.1. The summed E-state index contributed by atoms with van der Waals surface area (Å²) >= 11 is 0. The van der Waals surface area contributed by atoms with Crippen LogP contribution in [0.15, 0.2) is 24.3 Å². The SMILES string of the molecule is O=C1CCc2c(OCC3(C(=O)O)CCN(c4c(F)cc(F)cc4F)CC3)ccc(F)c2N1. The van der Waals surface area contributed by atoms with Gasteiger partial charge in [0.05, 0.1) is 5.69 Å². The van der Waals surface area contributed by atoms with Gasteiger partial charge in [-0.05, 0) is 31.4 Å². The van der Waals surface area contributed by atoms with Gasteiger partial charge in [-0.2, -0.15) is 0 Å². The minimum absolute atomic E-state index is 0.0206. The molecule has 0 radical (unpaired) electrons. The van der Waals surface area contributed by atoms with Crippen molar-refractivity contribution in [2.24, 2.45) is 5.41 Å². The monoisotopic (exact) mass is 452 g/mol. The number of nitrogens with one attached hydrogen (secondary N) is 1. The van der Waals surface area contributed by atoms with Gasteiger partial charge in [0.2, 0.25) is 5.91 Å². The molecule has 0 spiro atoms. The maximum atomic E-state index is 14.1. The molecule has 0 unspecified atom stereocenters. The molecule has 0 saturated carbocycles. The molecule has 4 rings (SSSR count). The molecule has 170 valence electrons. The number of amides is 1. The van der Waals surface area contributed by atoms with Gasteiger partial charge >= 0.3 is 5.97 Å². The first-order chi connectivity index (χ1) is 15.2. The van der Waals surface area contributed by atoms with E-state index in [1.165, 1.54) is 11.0 Å². The van der Waals surface area contributed by atoms with E-state index in [0.717, 1.165) is 6.07 Å². The Hall–Kier alpha value is -3.30. The zero-order valence-electron chi connectivity index (χ0n) is 16.9. The quantitative estimate of drug-likeness (QED) is 0.674. The van der Waals surface area contributed by atoms with Gasteiger partial charge in [-0.25, -0.2) is 17.6 Å². The summed E-state index contributed by atoms with van der Waals surface area (Å²) in [7, 11) is 0. The molecule has 0 aliphatic carbocycles. The molecule has 0 atom stereocenters. The fraction of sp³-hybridized carbons (Fsp3) is 0.364. The van der Waals surface area contributed by atoms with Crippen LogP contribution in [0.25, 0.3) is 0 Å². The van der Waals surface area contributed by atoms with Crippen molar-refractivity contribution < 1.29 is 37.0 Å². The number of hydrogen-bond donors (Lipinski definition) is 2. The molecule has 2 aromatic rings. The van der Waals surface area contributed by atoms with Crippen LogP contribution in [-0.2, 0) is 16.0 Å². The van der Waals surface area contributed by atoms with Crippen LogP contribution >= 0.6 is 0 Å². The molecule has 1 amide bonds. The lowest BCUT2D eigenvalue weighted by Gasteiger charge is -2.39. The Labute approximate surface area is 180 Å². The lowest BCUT2D eigenvalue weighted by Crippen LogP contribution is -2.48. The van der Waals surface area contributed by atoms with Crippen LogP contribution in [0, 0.1) is 28.7 Å². The second-order valence-electron chi connectivity index (χ2n) is 8.03. The topological polar surface area (TPSA) is 78.9 Å². The van der Waals surface area contributed by atoms with E-state index in [1.807, 2.05) is 0 Å². The fourth-order valence-corrected chi connectivity index (χ4v) is 4.19. The molecule has 0 aromatic heterocycles. The molecule has 2 aliphatic rings. The highest BCUT2D eigenvalue weighted by Crippen LogP contribution is 2.39. The van der Waals surface area contributed by atoms with E-state index in [1.54, 1.807) is 0 Å². The van der Waals surface area contributed by atoms with Crippen LogP contribution in [0.2, 0.25) is 0 Å². The summed E-state index contributed by atoms with van der Waals surface area (Å²) in [5, 5.41) is 12.3. The van der Waals surface area contributed by atoms with Crippen LogP contribution in [-0.4, -0.2) is 36.7 Å². The Morgan fingerprint density at radius 3 is 2.34 bits per heavy atom. The standard InChI is InChI=1S/C22H20F4N2O4/c23-12-9-15(25)20(16(26)10-12)28-7-5-22(6-8-28,21(30)31)11-32-17-3-2-14(24)19-13(17)1-4-18(29)27-19/h2-3,9-10H,1,4-8,11H2,(H,27,29)(H,30,31). The number of hydrogen-bond acceptors (Lipinski definition) is 4. The highest BCUT2D eigenvalue weighted by atomic mass is 19.1. The smallest absolute Gasteiger partial charge is 0.313 e. The zero-order chi connectivity index (χ0) is 23.0. The number of carbonyl (C=O) groups is 2. The van der Waals surface area contributed by atoms with Crippen LogP contribution in [0.4, 0.5) is 28.9 Å². The third-order valence-electron chi connectivity index (χ3n) is 6.06. The van der Waals surface area contributed by atoms with Crippen molar-refractivity contribution in [3.63, 3.8) is 0 Å². The minimum atomic E-state index is -1.33. The second-order valence-corrected chi connectivity index (χ2v) is 8.03. The molecule has 0 bridgehead atoms. The van der Waals surface area contributed by atoms with Crippen molar-refractivity contribution in [1.82, 2.24) is 0 Å². The number of anilines is 2. The molecule has 1 fully saturated rings. The van der Waals surface area contributed by atoms with E-state index in [9.17, 15) is 32.3 Å². The van der Waals surface area contributed by atoms with Gasteiger partial charge in [0, 0.05) is 37.2 Å². The predicted molar refractivity (Wildman–Crippen MR) is 107 cm³/mol. The molecule has 2 aromatic carbocycles. The van der Waals surface area contributed by atoms with Crippen LogP contribution < -0.4 is 15.0 Å². The van der Waals surface area contributed by atoms with Gasteiger partial charge in [0.15, 0.2) is 11.6 Å². The van der Waals surface area contributed by atoms with E-state index >= 15 is 0 Å². The van der Waals surface area contributed by atoms with Gasteiger partial charge in [-0.15, -0.1) is 0 Å². The van der Waals surface area contributed by atoms with Crippen molar-refractivity contribution in [3.05, 3.63) is 53.1 Å². The van der Waals surface area contributed by atoms with E-state index in [4.69, 9.17) is 4.74 Å². The average Bonchev–Trinajstić information content (AvgIpc) is 2.74. The minimum Gasteiger partial charge on any atom is -0.492 e. The summed E-state index contributed by atoms with van der Waals surface area (Å²) in [6.07, 6.45) is 0.462. The zero-order valence-corrected chi connectivity index (χ0v) is 16.9. The second kappa shape index (κ2) is 8.33. The van der Waals surface area contributed by atoms with Crippen molar-refractivity contribution >= 4 is 23.3 Å². The summed E-state index contributed by atoms with van der Waals surface area (Å²) in [5.74, 6) is -4.91. The highest BCUT2D eigenvalue weighted by Gasteiger charge is 2.43. The third kappa shape index (κ3) is 3.96. The molecular formula is C22H20F4N2O4. The number of rotatable bonds is 5. The summed E-state index contributed by atoms with van der Waals surface area (Å²) in [4.78, 5) is 25.0. The van der Waals surface area contributed by atoms with Crippen molar-refractivity contribution in [2.45, 2.75) is 25.7 Å². The number of piperidine rings is 1. The largest absolute Gasteiger partial charge is 0.492 e. The number of carboxylic acids is 1. The Morgan fingerprint density at radius 1 is 1.06 bits per heavy atom. The van der Waals surface area contributed by atoms with Gasteiger partial charge in [0.25, 0.3) is 0 Å². The molecule has 2 aliphatic heterocycles. The van der Waals surface area contributed by atoms with E-state index in [2.05, 4.69) is 5.32 Å². The van der Waals surface area contributed by atoms with Crippen LogP contribution in [0.1, 0.15) is 24.8 Å². The highest BCUT2D eigenvalue weighted by molar-refractivity contribution is 5.94. The Balaban J connectivity index is 1.51. The maximum Gasteiger partial charge on any atom is 0.313 e. The van der Waals surface area contributed by atoms with Gasteiger partial charge in [-0.3, -0.25) is 9.59 Å². The lowest BCUT2D eigenvalue weighted by atomic mass is 9.79. The Kier molecular flexibility index (Phi) is 5.70. The molecule has 2 heterocycles. The van der Waals surface area contributed by atoms with Crippen LogP contribution in [0.3, 0.4) is 0 Å². The predicted octanol–water partition coefficient (Wildman–Crippen LogP) is 3.88. The molecule has 10 heteroatoms. The number of nitrogens with zero attached hydrogens (tertiary/aromatic N) is 1. The fourth-order valence-electron chi connectivity index (χ4n) is 4.19. The average molecular weight is 452 g/mol.